The van der Waals surface area contributed by atoms with Crippen LogP contribution in [0.5, 0.6) is 5.75 Å². The molecule has 4 nitrogen and oxygen atoms in total. The summed E-state index contributed by atoms with van der Waals surface area (Å²) in [4.78, 5) is 3.52. The van der Waals surface area contributed by atoms with Crippen molar-refractivity contribution in [2.45, 2.75) is 13.0 Å². The lowest BCUT2D eigenvalue weighted by atomic mass is 10.2. The largest absolute Gasteiger partial charge is 0.497 e. The second-order valence-corrected chi connectivity index (χ2v) is 5.63. The van der Waals surface area contributed by atoms with Gasteiger partial charge in [0.15, 0.2) is 5.11 Å². The van der Waals surface area contributed by atoms with Gasteiger partial charge >= 0.3 is 0 Å². The van der Waals surface area contributed by atoms with Crippen LogP contribution in [0.4, 0.5) is 0 Å². The van der Waals surface area contributed by atoms with Gasteiger partial charge in [-0.15, -0.1) is 0 Å². The van der Waals surface area contributed by atoms with Crippen LogP contribution in [0.2, 0.25) is 0 Å². The van der Waals surface area contributed by atoms with Crippen LogP contribution in [0, 0.1) is 0 Å². The average molecular weight is 296 g/mol. The number of ether oxygens (including phenoxy) is 1. The first-order valence-corrected chi connectivity index (χ1v) is 7.34. The Bertz CT molecular complexity index is 406. The van der Waals surface area contributed by atoms with Crippen molar-refractivity contribution in [2.75, 3.05) is 41.3 Å². The summed E-state index contributed by atoms with van der Waals surface area (Å²) >= 11 is 5.39. The Balaban J connectivity index is 2.33. The summed E-state index contributed by atoms with van der Waals surface area (Å²) in [6.45, 7) is 2.88. The number of rotatable bonds is 7. The van der Waals surface area contributed by atoms with Crippen LogP contribution in [-0.2, 0) is 6.54 Å². The standard InChI is InChI=1S/C15H25N3OS/c1-17(2)11-5-10-16-15(20)18(3)12-13-6-8-14(19-4)9-7-13/h6-9H,5,10-12H2,1-4H3,(H,16,20)/p+1. The maximum atomic E-state index is 5.39. The van der Waals surface area contributed by atoms with Crippen LogP contribution in [0.1, 0.15) is 12.0 Å². The molecule has 1 aromatic carbocycles. The van der Waals surface area contributed by atoms with Gasteiger partial charge in [-0.3, -0.25) is 0 Å². The SMILES string of the molecule is COc1ccc(CN(C)C(=S)NCCC[NH+](C)C)cc1. The summed E-state index contributed by atoms with van der Waals surface area (Å²) in [6, 6.07) is 8.07. The molecule has 1 aromatic rings. The number of hydrogen-bond donors (Lipinski definition) is 2. The minimum Gasteiger partial charge on any atom is -0.497 e. The normalized spacial score (nSPS) is 10.4. The van der Waals surface area contributed by atoms with E-state index in [1.165, 1.54) is 10.5 Å². The van der Waals surface area contributed by atoms with Gasteiger partial charge in [0.2, 0.25) is 0 Å². The minimum absolute atomic E-state index is 0.800. The molecule has 0 aliphatic rings. The van der Waals surface area contributed by atoms with E-state index in [-0.39, 0.29) is 0 Å². The van der Waals surface area contributed by atoms with Gasteiger partial charge in [0.05, 0.1) is 27.7 Å². The van der Waals surface area contributed by atoms with Crippen LogP contribution in [0.15, 0.2) is 24.3 Å². The maximum absolute atomic E-state index is 5.39. The fraction of sp³-hybridized carbons (Fsp3) is 0.533. The van der Waals surface area contributed by atoms with E-state index in [2.05, 4.69) is 36.4 Å². The first-order valence-electron chi connectivity index (χ1n) is 6.94. The van der Waals surface area contributed by atoms with Crippen molar-refractivity contribution < 1.29 is 9.64 Å². The molecule has 0 saturated carbocycles. The third kappa shape index (κ3) is 6.21. The van der Waals surface area contributed by atoms with Crippen molar-refractivity contribution >= 4 is 17.3 Å². The smallest absolute Gasteiger partial charge is 0.168 e. The Morgan fingerprint density at radius 3 is 2.50 bits per heavy atom. The predicted octanol–water partition coefficient (Wildman–Crippen LogP) is 0.536. The molecule has 0 amide bonds. The summed E-state index contributed by atoms with van der Waals surface area (Å²) in [5, 5.41) is 4.10. The number of nitrogens with one attached hydrogen (secondary N) is 2. The Morgan fingerprint density at radius 2 is 1.95 bits per heavy atom. The summed E-state index contributed by atoms with van der Waals surface area (Å²) in [5.41, 5.74) is 1.22. The summed E-state index contributed by atoms with van der Waals surface area (Å²) in [5.74, 6) is 0.878. The fourth-order valence-corrected chi connectivity index (χ4v) is 2.02. The zero-order valence-corrected chi connectivity index (χ0v) is 13.7. The van der Waals surface area contributed by atoms with E-state index in [1.807, 2.05) is 19.2 Å². The molecule has 0 aromatic heterocycles. The van der Waals surface area contributed by atoms with Gasteiger partial charge in [-0.25, -0.2) is 0 Å². The number of methoxy groups -OCH3 is 1. The van der Waals surface area contributed by atoms with Crippen molar-refractivity contribution in [3.8, 4) is 5.75 Å². The topological polar surface area (TPSA) is 28.9 Å². The molecule has 1 rings (SSSR count). The van der Waals surface area contributed by atoms with E-state index >= 15 is 0 Å². The summed E-state index contributed by atoms with van der Waals surface area (Å²) < 4.78 is 5.15. The quantitative estimate of drug-likeness (QED) is 0.567. The molecule has 112 valence electrons. The molecule has 0 fully saturated rings. The zero-order chi connectivity index (χ0) is 15.0. The van der Waals surface area contributed by atoms with E-state index in [9.17, 15) is 0 Å². The molecule has 0 spiro atoms. The van der Waals surface area contributed by atoms with Gasteiger partial charge in [-0.05, 0) is 29.9 Å². The van der Waals surface area contributed by atoms with Gasteiger partial charge in [0.25, 0.3) is 0 Å². The molecular formula is C15H26N3OS+. The van der Waals surface area contributed by atoms with Gasteiger partial charge in [-0.2, -0.15) is 0 Å². The third-order valence-electron chi connectivity index (χ3n) is 3.06. The van der Waals surface area contributed by atoms with Crippen molar-refractivity contribution in [3.05, 3.63) is 29.8 Å². The Morgan fingerprint density at radius 1 is 1.30 bits per heavy atom. The summed E-state index contributed by atoms with van der Waals surface area (Å²) in [6.07, 6.45) is 1.12. The molecule has 0 heterocycles. The highest BCUT2D eigenvalue weighted by atomic mass is 32.1. The first-order chi connectivity index (χ1) is 9.52. The lowest BCUT2D eigenvalue weighted by Crippen LogP contribution is -3.05. The molecule has 0 atom stereocenters. The highest BCUT2D eigenvalue weighted by Gasteiger charge is 2.05. The summed E-state index contributed by atoms with van der Waals surface area (Å²) in [7, 11) is 8.01. The number of nitrogens with zero attached hydrogens (tertiary/aromatic N) is 1. The molecule has 20 heavy (non-hydrogen) atoms. The van der Waals surface area contributed by atoms with Gasteiger partial charge in [-0.1, -0.05) is 12.1 Å². The molecule has 0 aliphatic carbocycles. The molecule has 5 heteroatoms. The highest BCUT2D eigenvalue weighted by Crippen LogP contribution is 2.12. The Kier molecular flexibility index (Phi) is 7.33. The number of quaternary nitrogens is 1. The average Bonchev–Trinajstić information content (AvgIpc) is 2.44. The van der Waals surface area contributed by atoms with E-state index in [0.717, 1.165) is 36.9 Å². The number of hydrogen-bond acceptors (Lipinski definition) is 2. The predicted molar refractivity (Wildman–Crippen MR) is 87.4 cm³/mol. The Hall–Kier alpha value is -1.33. The minimum atomic E-state index is 0.800. The lowest BCUT2D eigenvalue weighted by molar-refractivity contribution is -0.858. The van der Waals surface area contributed by atoms with E-state index < -0.39 is 0 Å². The van der Waals surface area contributed by atoms with Crippen molar-refractivity contribution in [1.82, 2.24) is 10.2 Å². The lowest BCUT2D eigenvalue weighted by Gasteiger charge is -2.21. The molecule has 0 unspecified atom stereocenters. The highest BCUT2D eigenvalue weighted by molar-refractivity contribution is 7.80. The van der Waals surface area contributed by atoms with Crippen LogP contribution in [0.25, 0.3) is 0 Å². The van der Waals surface area contributed by atoms with Gasteiger partial charge in [0, 0.05) is 26.6 Å². The van der Waals surface area contributed by atoms with E-state index in [1.54, 1.807) is 7.11 Å². The van der Waals surface area contributed by atoms with Crippen molar-refractivity contribution in [3.63, 3.8) is 0 Å². The van der Waals surface area contributed by atoms with Crippen LogP contribution >= 0.6 is 12.2 Å². The van der Waals surface area contributed by atoms with E-state index in [4.69, 9.17) is 17.0 Å². The van der Waals surface area contributed by atoms with Crippen molar-refractivity contribution in [2.24, 2.45) is 0 Å². The maximum Gasteiger partial charge on any atom is 0.168 e. The second-order valence-electron chi connectivity index (χ2n) is 5.25. The van der Waals surface area contributed by atoms with E-state index in [0.29, 0.717) is 0 Å². The van der Waals surface area contributed by atoms with Crippen LogP contribution < -0.4 is 15.0 Å². The fourth-order valence-electron chi connectivity index (χ4n) is 1.85. The van der Waals surface area contributed by atoms with Crippen molar-refractivity contribution in [1.29, 1.82) is 0 Å². The number of thiocarbonyl (C=S) groups is 1. The first kappa shape index (κ1) is 16.7. The molecule has 0 bridgehead atoms. The monoisotopic (exact) mass is 296 g/mol. The molecule has 0 saturated heterocycles. The molecular weight excluding hydrogens is 270 g/mol. The third-order valence-corrected chi connectivity index (χ3v) is 3.51. The van der Waals surface area contributed by atoms with Crippen LogP contribution in [0.3, 0.4) is 0 Å². The zero-order valence-electron chi connectivity index (χ0n) is 12.9. The van der Waals surface area contributed by atoms with Crippen LogP contribution in [-0.4, -0.2) is 51.4 Å². The Labute approximate surface area is 127 Å². The molecule has 0 aliphatic heterocycles. The number of benzene rings is 1. The molecule has 2 N–H and O–H groups in total. The second kappa shape index (κ2) is 8.76. The van der Waals surface area contributed by atoms with Gasteiger partial charge < -0.3 is 19.9 Å². The molecule has 0 radical (unpaired) electrons. The van der Waals surface area contributed by atoms with Gasteiger partial charge in [0.1, 0.15) is 5.75 Å².